The van der Waals surface area contributed by atoms with Gasteiger partial charge in [-0.15, -0.1) is 11.3 Å². The number of hydrogen-bond acceptors (Lipinski definition) is 7. The molecule has 4 heterocycles. The Morgan fingerprint density at radius 1 is 1.19 bits per heavy atom. The molecule has 2 aromatic heterocycles. The second kappa shape index (κ2) is 7.99. The summed E-state index contributed by atoms with van der Waals surface area (Å²) in [6, 6.07) is 6.95. The van der Waals surface area contributed by atoms with Gasteiger partial charge in [0.15, 0.2) is 0 Å². The van der Waals surface area contributed by atoms with E-state index >= 15 is 0 Å². The number of pyridine rings is 1. The molecule has 2 N–H and O–H groups in total. The number of carbonyl (C=O) groups excluding carboxylic acids is 1. The number of carbonyl (C=O) groups is 1. The van der Waals surface area contributed by atoms with Crippen LogP contribution in [0.5, 0.6) is 0 Å². The number of hydrogen-bond donors (Lipinski definition) is 1. The van der Waals surface area contributed by atoms with Crippen molar-refractivity contribution >= 4 is 50.4 Å². The molecule has 5 rings (SSSR count). The molecule has 0 aliphatic carbocycles. The van der Waals surface area contributed by atoms with E-state index in [1.807, 2.05) is 0 Å². The second-order valence-corrected chi connectivity index (χ2v) is 10.6. The summed E-state index contributed by atoms with van der Waals surface area (Å²) in [5.41, 5.74) is 10.2. The Balaban J connectivity index is 1.70. The van der Waals surface area contributed by atoms with Crippen molar-refractivity contribution in [1.29, 1.82) is 0 Å². The summed E-state index contributed by atoms with van der Waals surface area (Å²) in [4.78, 5) is 24.4. The Bertz CT molecular complexity index is 1200. The van der Waals surface area contributed by atoms with Gasteiger partial charge in [0.1, 0.15) is 15.5 Å². The number of rotatable bonds is 3. The fourth-order valence-corrected chi connectivity index (χ4v) is 5.78. The van der Waals surface area contributed by atoms with Crippen LogP contribution >= 0.6 is 22.9 Å². The van der Waals surface area contributed by atoms with Crippen molar-refractivity contribution in [2.75, 3.05) is 44.0 Å². The van der Waals surface area contributed by atoms with Gasteiger partial charge in [-0.3, -0.25) is 9.69 Å². The molecule has 2 aliphatic rings. The monoisotopic (exact) mass is 470 g/mol. The number of nitrogen functional groups attached to an aromatic ring is 1. The molecule has 0 radical (unpaired) electrons. The highest BCUT2D eigenvalue weighted by Gasteiger charge is 2.36. The number of ether oxygens (including phenoxy) is 1. The van der Waals surface area contributed by atoms with E-state index in [4.69, 9.17) is 27.1 Å². The first-order valence-electron chi connectivity index (χ1n) is 10.8. The fraction of sp³-hybridized carbons (Fsp3) is 0.417. The van der Waals surface area contributed by atoms with E-state index in [-0.39, 0.29) is 11.3 Å². The van der Waals surface area contributed by atoms with Crippen molar-refractivity contribution in [1.82, 2.24) is 9.88 Å². The van der Waals surface area contributed by atoms with E-state index in [9.17, 15) is 4.79 Å². The molecule has 0 unspecified atom stereocenters. The van der Waals surface area contributed by atoms with Crippen molar-refractivity contribution in [3.05, 3.63) is 50.9 Å². The van der Waals surface area contributed by atoms with Crippen LogP contribution in [-0.4, -0.2) is 54.6 Å². The first-order chi connectivity index (χ1) is 15.3. The number of fused-ring (bicyclic) bond motifs is 3. The molecule has 0 atom stereocenters. The van der Waals surface area contributed by atoms with E-state index in [2.05, 4.69) is 30.7 Å². The number of thiophene rings is 1. The third-order valence-electron chi connectivity index (χ3n) is 6.73. The molecule has 2 aliphatic heterocycles. The molecule has 0 bridgehead atoms. The summed E-state index contributed by atoms with van der Waals surface area (Å²) in [6.45, 7) is 8.32. The molecule has 0 amide bonds. The largest absolute Gasteiger partial charge is 0.397 e. The minimum Gasteiger partial charge on any atom is -0.397 e. The predicted molar refractivity (Wildman–Crippen MR) is 131 cm³/mol. The third-order valence-corrected chi connectivity index (χ3v) is 8.08. The zero-order chi connectivity index (χ0) is 22.6. The standard InChI is InChI=1S/C24H27ClN4O2S/c1-24(2)12-16-17(13-28(24)3)22(29-8-10-31-11-9-29)27-23-18(16)19(26)21(32-23)20(30)14-4-6-15(25)7-5-14/h4-7H,8-13,26H2,1-3H3. The van der Waals surface area contributed by atoms with Gasteiger partial charge in [0.2, 0.25) is 5.78 Å². The van der Waals surface area contributed by atoms with Gasteiger partial charge in [0.05, 0.1) is 18.9 Å². The highest BCUT2D eigenvalue weighted by molar-refractivity contribution is 7.21. The van der Waals surface area contributed by atoms with Gasteiger partial charge < -0.3 is 15.4 Å². The molecular formula is C24H27ClN4O2S. The van der Waals surface area contributed by atoms with Crippen LogP contribution < -0.4 is 10.6 Å². The van der Waals surface area contributed by atoms with Crippen molar-refractivity contribution in [3.63, 3.8) is 0 Å². The highest BCUT2D eigenvalue weighted by atomic mass is 35.5. The number of morpholine rings is 1. The second-order valence-electron chi connectivity index (χ2n) is 9.20. The summed E-state index contributed by atoms with van der Waals surface area (Å²) in [5, 5.41) is 1.55. The number of ketones is 1. The van der Waals surface area contributed by atoms with Crippen molar-refractivity contribution < 1.29 is 9.53 Å². The lowest BCUT2D eigenvalue weighted by atomic mass is 9.84. The smallest absolute Gasteiger partial charge is 0.205 e. The summed E-state index contributed by atoms with van der Waals surface area (Å²) in [5.74, 6) is 0.918. The fourth-order valence-electron chi connectivity index (χ4n) is 4.57. The van der Waals surface area contributed by atoms with E-state index in [0.29, 0.717) is 34.4 Å². The Morgan fingerprint density at radius 2 is 1.88 bits per heavy atom. The van der Waals surface area contributed by atoms with Crippen LogP contribution in [0.15, 0.2) is 24.3 Å². The average Bonchev–Trinajstić information content (AvgIpc) is 3.11. The summed E-state index contributed by atoms with van der Waals surface area (Å²) >= 11 is 7.40. The molecule has 8 heteroatoms. The van der Waals surface area contributed by atoms with Gasteiger partial charge in [0, 0.05) is 46.7 Å². The Morgan fingerprint density at radius 3 is 2.56 bits per heavy atom. The maximum absolute atomic E-state index is 13.3. The zero-order valence-electron chi connectivity index (χ0n) is 18.6. The first kappa shape index (κ1) is 21.6. The summed E-state index contributed by atoms with van der Waals surface area (Å²) < 4.78 is 5.57. The highest BCUT2D eigenvalue weighted by Crippen LogP contribution is 2.44. The van der Waals surface area contributed by atoms with E-state index in [0.717, 1.165) is 42.1 Å². The number of benzene rings is 1. The normalized spacial score (nSPS) is 18.7. The SMILES string of the molecule is CN1Cc2c(N3CCOCC3)nc3sc(C(=O)c4ccc(Cl)cc4)c(N)c3c2CC1(C)C. The van der Waals surface area contributed by atoms with Gasteiger partial charge in [-0.2, -0.15) is 0 Å². The minimum absolute atomic E-state index is 0.0156. The molecule has 0 spiro atoms. The van der Waals surface area contributed by atoms with Crippen LogP contribution in [0.1, 0.15) is 40.2 Å². The number of likely N-dealkylation sites (N-methyl/N-ethyl adjacent to an activating group) is 1. The number of anilines is 2. The molecule has 1 fully saturated rings. The quantitative estimate of drug-likeness (QED) is 0.573. The van der Waals surface area contributed by atoms with Crippen LogP contribution in [0, 0.1) is 0 Å². The molecule has 168 valence electrons. The van der Waals surface area contributed by atoms with Crippen LogP contribution in [0.25, 0.3) is 10.2 Å². The number of nitrogens with two attached hydrogens (primary N) is 1. The zero-order valence-corrected chi connectivity index (χ0v) is 20.1. The molecule has 1 saturated heterocycles. The van der Waals surface area contributed by atoms with E-state index in [1.54, 1.807) is 24.3 Å². The van der Waals surface area contributed by atoms with Crippen LogP contribution in [-0.2, 0) is 17.7 Å². The Hall–Kier alpha value is -2.19. The van der Waals surface area contributed by atoms with E-state index < -0.39 is 0 Å². The minimum atomic E-state index is -0.0870. The van der Waals surface area contributed by atoms with E-state index in [1.165, 1.54) is 22.5 Å². The third kappa shape index (κ3) is 3.57. The first-order valence-corrected chi connectivity index (χ1v) is 12.0. The molecule has 32 heavy (non-hydrogen) atoms. The number of halogens is 1. The van der Waals surface area contributed by atoms with Gasteiger partial charge in [-0.05, 0) is 57.1 Å². The summed E-state index contributed by atoms with van der Waals surface area (Å²) in [7, 11) is 2.16. The Kier molecular flexibility index (Phi) is 5.40. The van der Waals surface area contributed by atoms with Gasteiger partial charge >= 0.3 is 0 Å². The van der Waals surface area contributed by atoms with Crippen LogP contribution in [0.4, 0.5) is 11.5 Å². The molecule has 6 nitrogen and oxygen atoms in total. The lowest BCUT2D eigenvalue weighted by molar-refractivity contribution is 0.104. The van der Waals surface area contributed by atoms with Crippen LogP contribution in [0.3, 0.4) is 0 Å². The van der Waals surface area contributed by atoms with Gasteiger partial charge in [-0.1, -0.05) is 11.6 Å². The molecule has 1 aromatic carbocycles. The average molecular weight is 471 g/mol. The number of aromatic nitrogens is 1. The lowest BCUT2D eigenvalue weighted by Crippen LogP contribution is -2.47. The topological polar surface area (TPSA) is 71.7 Å². The maximum Gasteiger partial charge on any atom is 0.205 e. The summed E-state index contributed by atoms with van der Waals surface area (Å²) in [6.07, 6.45) is 0.852. The molecule has 0 saturated carbocycles. The maximum atomic E-state index is 13.3. The van der Waals surface area contributed by atoms with Crippen molar-refractivity contribution in [3.8, 4) is 0 Å². The van der Waals surface area contributed by atoms with Crippen molar-refractivity contribution in [2.45, 2.75) is 32.4 Å². The van der Waals surface area contributed by atoms with Crippen molar-refractivity contribution in [2.24, 2.45) is 0 Å². The lowest BCUT2D eigenvalue weighted by Gasteiger charge is -2.43. The predicted octanol–water partition coefficient (Wildman–Crippen LogP) is 4.37. The molecule has 3 aromatic rings. The molecular weight excluding hydrogens is 444 g/mol. The Labute approximate surface area is 196 Å². The van der Waals surface area contributed by atoms with Gasteiger partial charge in [0.25, 0.3) is 0 Å². The van der Waals surface area contributed by atoms with Gasteiger partial charge in [-0.25, -0.2) is 4.98 Å². The number of nitrogens with zero attached hydrogens (tertiary/aromatic N) is 3. The van der Waals surface area contributed by atoms with Crippen LogP contribution in [0.2, 0.25) is 5.02 Å².